The van der Waals surface area contributed by atoms with E-state index >= 15 is 0 Å². The average molecular weight is 298 g/mol. The van der Waals surface area contributed by atoms with Crippen LogP contribution in [0.25, 0.3) is 0 Å². The molecule has 0 radical (unpaired) electrons. The highest BCUT2D eigenvalue weighted by Gasteiger charge is 2.18. The SMILES string of the molecule is C=CCCC(=O)c1c(OCc2ccccc2)c(=O)ccn1N. The molecule has 0 aliphatic carbocycles. The molecule has 0 atom stereocenters. The lowest BCUT2D eigenvalue weighted by Crippen LogP contribution is -2.24. The second-order valence-corrected chi connectivity index (χ2v) is 4.79. The summed E-state index contributed by atoms with van der Waals surface area (Å²) in [5, 5.41) is 0. The number of ether oxygens (including phenoxy) is 1. The molecule has 0 aliphatic heterocycles. The van der Waals surface area contributed by atoms with Crippen molar-refractivity contribution >= 4 is 5.78 Å². The fourth-order valence-corrected chi connectivity index (χ4v) is 2.02. The molecule has 2 rings (SSSR count). The zero-order valence-electron chi connectivity index (χ0n) is 12.2. The van der Waals surface area contributed by atoms with Gasteiger partial charge in [-0.15, -0.1) is 6.58 Å². The smallest absolute Gasteiger partial charge is 0.224 e. The summed E-state index contributed by atoms with van der Waals surface area (Å²) in [4.78, 5) is 24.3. The van der Waals surface area contributed by atoms with Gasteiger partial charge in [-0.05, 0) is 12.0 Å². The molecular formula is C17H18N2O3. The third-order valence-corrected chi connectivity index (χ3v) is 3.15. The van der Waals surface area contributed by atoms with E-state index in [0.717, 1.165) is 10.2 Å². The largest absolute Gasteiger partial charge is 0.483 e. The van der Waals surface area contributed by atoms with Gasteiger partial charge in [0.2, 0.25) is 5.43 Å². The number of carbonyl (C=O) groups is 1. The number of hydrogen-bond donors (Lipinski definition) is 1. The molecule has 114 valence electrons. The van der Waals surface area contributed by atoms with Gasteiger partial charge in [-0.1, -0.05) is 36.4 Å². The first-order valence-electron chi connectivity index (χ1n) is 6.95. The van der Waals surface area contributed by atoms with Crippen LogP contribution in [0.4, 0.5) is 0 Å². The zero-order valence-corrected chi connectivity index (χ0v) is 12.2. The summed E-state index contributed by atoms with van der Waals surface area (Å²) in [5.41, 5.74) is 0.628. The predicted octanol–water partition coefficient (Wildman–Crippen LogP) is 2.29. The fraction of sp³-hybridized carbons (Fsp3) is 0.176. The van der Waals surface area contributed by atoms with E-state index in [2.05, 4.69) is 6.58 Å². The minimum absolute atomic E-state index is 0.0112. The highest BCUT2D eigenvalue weighted by Crippen LogP contribution is 2.16. The van der Waals surface area contributed by atoms with Crippen LogP contribution in [-0.2, 0) is 6.61 Å². The molecule has 1 aromatic heterocycles. The predicted molar refractivity (Wildman–Crippen MR) is 85.4 cm³/mol. The lowest BCUT2D eigenvalue weighted by molar-refractivity contribution is 0.0970. The Morgan fingerprint density at radius 3 is 2.68 bits per heavy atom. The van der Waals surface area contributed by atoms with E-state index in [1.165, 1.54) is 12.3 Å². The van der Waals surface area contributed by atoms with Crippen molar-refractivity contribution in [3.05, 3.63) is 76.7 Å². The Morgan fingerprint density at radius 1 is 1.27 bits per heavy atom. The van der Waals surface area contributed by atoms with Crippen LogP contribution in [0.5, 0.6) is 5.75 Å². The molecule has 0 fully saturated rings. The summed E-state index contributed by atoms with van der Waals surface area (Å²) in [6.07, 6.45) is 3.75. The first-order chi connectivity index (χ1) is 10.6. The quantitative estimate of drug-likeness (QED) is 0.483. The number of aromatic nitrogens is 1. The van der Waals surface area contributed by atoms with Gasteiger partial charge < -0.3 is 10.6 Å². The Morgan fingerprint density at radius 2 is 2.00 bits per heavy atom. The van der Waals surface area contributed by atoms with E-state index in [9.17, 15) is 9.59 Å². The monoisotopic (exact) mass is 298 g/mol. The first kappa shape index (κ1) is 15.6. The molecule has 0 aliphatic rings. The number of ketones is 1. The van der Waals surface area contributed by atoms with Gasteiger partial charge in [0.15, 0.2) is 17.2 Å². The molecule has 2 N–H and O–H groups in total. The van der Waals surface area contributed by atoms with E-state index in [1.54, 1.807) is 6.08 Å². The number of rotatable bonds is 7. The lowest BCUT2D eigenvalue weighted by Gasteiger charge is -2.13. The Balaban J connectivity index is 2.29. The number of allylic oxidation sites excluding steroid dienone is 1. The van der Waals surface area contributed by atoms with E-state index in [-0.39, 0.29) is 35.7 Å². The van der Waals surface area contributed by atoms with Crippen molar-refractivity contribution in [3.8, 4) is 5.75 Å². The van der Waals surface area contributed by atoms with Crippen LogP contribution in [0.3, 0.4) is 0 Å². The van der Waals surface area contributed by atoms with Gasteiger partial charge >= 0.3 is 0 Å². The van der Waals surface area contributed by atoms with Crippen LogP contribution in [0, 0.1) is 0 Å². The van der Waals surface area contributed by atoms with Gasteiger partial charge in [0, 0.05) is 18.7 Å². The maximum atomic E-state index is 12.2. The summed E-state index contributed by atoms with van der Waals surface area (Å²) < 4.78 is 6.71. The van der Waals surface area contributed by atoms with Crippen molar-refractivity contribution in [1.82, 2.24) is 4.68 Å². The number of nitrogens with zero attached hydrogens (tertiary/aromatic N) is 1. The third-order valence-electron chi connectivity index (χ3n) is 3.15. The number of benzene rings is 1. The summed E-state index contributed by atoms with van der Waals surface area (Å²) in [5.74, 6) is 5.52. The number of Topliss-reactive ketones (excluding diaryl/α,β-unsaturated/α-hetero) is 1. The minimum atomic E-state index is -0.361. The maximum absolute atomic E-state index is 12.2. The topological polar surface area (TPSA) is 74.3 Å². The summed E-state index contributed by atoms with van der Waals surface area (Å²) in [6.45, 7) is 3.78. The van der Waals surface area contributed by atoms with E-state index in [4.69, 9.17) is 10.6 Å². The molecular weight excluding hydrogens is 280 g/mol. The summed E-state index contributed by atoms with van der Waals surface area (Å²) in [6, 6.07) is 10.7. The first-order valence-corrected chi connectivity index (χ1v) is 6.95. The molecule has 22 heavy (non-hydrogen) atoms. The standard InChI is InChI=1S/C17H18N2O3/c1-2-3-9-14(20)16-17(15(21)10-11-19(16)18)22-12-13-7-5-4-6-8-13/h2,4-8,10-11H,1,3,9,12,18H2. The molecule has 0 bridgehead atoms. The van der Waals surface area contributed by atoms with Crippen LogP contribution < -0.4 is 16.0 Å². The molecule has 2 aromatic rings. The van der Waals surface area contributed by atoms with Gasteiger partial charge in [0.05, 0.1) is 0 Å². The van der Waals surface area contributed by atoms with Crippen molar-refractivity contribution in [2.75, 3.05) is 5.84 Å². The zero-order chi connectivity index (χ0) is 15.9. The highest BCUT2D eigenvalue weighted by molar-refractivity contribution is 5.97. The van der Waals surface area contributed by atoms with E-state index < -0.39 is 0 Å². The number of hydrogen-bond acceptors (Lipinski definition) is 4. The van der Waals surface area contributed by atoms with E-state index in [0.29, 0.717) is 6.42 Å². The molecule has 0 unspecified atom stereocenters. The average Bonchev–Trinajstić information content (AvgIpc) is 2.54. The van der Waals surface area contributed by atoms with Gasteiger partial charge in [-0.25, -0.2) is 0 Å². The molecule has 5 nitrogen and oxygen atoms in total. The van der Waals surface area contributed by atoms with Crippen molar-refractivity contribution in [3.63, 3.8) is 0 Å². The minimum Gasteiger partial charge on any atom is -0.483 e. The van der Waals surface area contributed by atoms with Crippen molar-refractivity contribution < 1.29 is 9.53 Å². The molecule has 1 heterocycles. The molecule has 0 saturated carbocycles. The Hall–Kier alpha value is -2.82. The van der Waals surface area contributed by atoms with Crippen LogP contribution in [0.2, 0.25) is 0 Å². The second-order valence-electron chi connectivity index (χ2n) is 4.79. The molecule has 1 aromatic carbocycles. The van der Waals surface area contributed by atoms with Crippen LogP contribution in [-0.4, -0.2) is 10.5 Å². The Kier molecular flexibility index (Phi) is 5.14. The van der Waals surface area contributed by atoms with Gasteiger partial charge in [0.1, 0.15) is 6.61 Å². The van der Waals surface area contributed by atoms with Gasteiger partial charge in [-0.2, -0.15) is 0 Å². The number of pyridine rings is 1. The fourth-order valence-electron chi connectivity index (χ4n) is 2.02. The molecule has 0 spiro atoms. The number of carbonyl (C=O) groups excluding carboxylic acids is 1. The second kappa shape index (κ2) is 7.26. The van der Waals surface area contributed by atoms with Crippen LogP contribution >= 0.6 is 0 Å². The normalized spacial score (nSPS) is 10.2. The number of nitrogens with two attached hydrogens (primary N) is 1. The summed E-state index contributed by atoms with van der Waals surface area (Å²) >= 11 is 0. The molecule has 5 heteroatoms. The van der Waals surface area contributed by atoms with Crippen LogP contribution in [0.1, 0.15) is 28.9 Å². The highest BCUT2D eigenvalue weighted by atomic mass is 16.5. The van der Waals surface area contributed by atoms with Crippen molar-refractivity contribution in [1.29, 1.82) is 0 Å². The lowest BCUT2D eigenvalue weighted by atomic mass is 10.1. The van der Waals surface area contributed by atoms with E-state index in [1.807, 2.05) is 30.3 Å². The van der Waals surface area contributed by atoms with Crippen molar-refractivity contribution in [2.24, 2.45) is 0 Å². The Labute approximate surface area is 128 Å². The maximum Gasteiger partial charge on any atom is 0.224 e. The molecule has 0 amide bonds. The van der Waals surface area contributed by atoms with Gasteiger partial charge in [0.25, 0.3) is 0 Å². The molecule has 0 saturated heterocycles. The van der Waals surface area contributed by atoms with Crippen LogP contribution in [0.15, 0.2) is 60.0 Å². The number of nitrogen functional groups attached to an aromatic ring is 1. The van der Waals surface area contributed by atoms with Gasteiger partial charge in [-0.3, -0.25) is 14.3 Å². The summed E-state index contributed by atoms with van der Waals surface area (Å²) in [7, 11) is 0. The third kappa shape index (κ3) is 3.63. The Bertz CT molecular complexity index is 720. The van der Waals surface area contributed by atoms with Crippen molar-refractivity contribution in [2.45, 2.75) is 19.4 Å².